The van der Waals surface area contributed by atoms with E-state index in [0.717, 1.165) is 12.8 Å². The van der Waals surface area contributed by atoms with E-state index in [0.29, 0.717) is 24.2 Å². The minimum atomic E-state index is -0.935. The topological polar surface area (TPSA) is 81.1 Å². The van der Waals surface area contributed by atoms with Gasteiger partial charge >= 0.3 is 5.97 Å². The Hall–Kier alpha value is -2.11. The molecule has 1 N–H and O–H groups in total. The Morgan fingerprint density at radius 2 is 2.41 bits per heavy atom. The standard InChI is InChI=1S/C11H11N3O3/c15-11(16)8-3-4-14(5-8)6-9-12-10(17-13-9)7-1-2-7/h3-5,7H,1-2,6H2,(H,15,16). The molecular formula is C11H11N3O3. The van der Waals surface area contributed by atoms with E-state index < -0.39 is 5.97 Å². The van der Waals surface area contributed by atoms with Gasteiger partial charge in [-0.2, -0.15) is 4.98 Å². The fourth-order valence-electron chi connectivity index (χ4n) is 1.66. The van der Waals surface area contributed by atoms with Gasteiger partial charge in [-0.1, -0.05) is 5.16 Å². The third kappa shape index (κ3) is 2.06. The molecule has 0 radical (unpaired) electrons. The van der Waals surface area contributed by atoms with Crippen LogP contribution >= 0.6 is 0 Å². The summed E-state index contributed by atoms with van der Waals surface area (Å²) in [5.41, 5.74) is 0.260. The minimum absolute atomic E-state index is 0.260. The van der Waals surface area contributed by atoms with E-state index in [9.17, 15) is 4.79 Å². The minimum Gasteiger partial charge on any atom is -0.478 e. The van der Waals surface area contributed by atoms with Gasteiger partial charge in [0.05, 0.1) is 12.1 Å². The van der Waals surface area contributed by atoms with Crippen molar-refractivity contribution in [2.45, 2.75) is 25.3 Å². The summed E-state index contributed by atoms with van der Waals surface area (Å²) in [6.45, 7) is 0.434. The summed E-state index contributed by atoms with van der Waals surface area (Å²) in [6, 6.07) is 1.55. The zero-order valence-electron chi connectivity index (χ0n) is 9.04. The molecule has 1 aliphatic carbocycles. The fourth-order valence-corrected chi connectivity index (χ4v) is 1.66. The van der Waals surface area contributed by atoms with Gasteiger partial charge in [-0.3, -0.25) is 0 Å². The molecule has 2 aromatic heterocycles. The van der Waals surface area contributed by atoms with Crippen molar-refractivity contribution >= 4 is 5.97 Å². The van der Waals surface area contributed by atoms with Crippen molar-refractivity contribution in [2.24, 2.45) is 0 Å². The van der Waals surface area contributed by atoms with Gasteiger partial charge in [0.1, 0.15) is 0 Å². The van der Waals surface area contributed by atoms with Gasteiger partial charge in [0.15, 0.2) is 5.82 Å². The number of aromatic nitrogens is 3. The molecule has 0 atom stereocenters. The first-order valence-corrected chi connectivity index (χ1v) is 5.44. The number of carboxylic acids is 1. The van der Waals surface area contributed by atoms with Crippen molar-refractivity contribution in [1.82, 2.24) is 14.7 Å². The van der Waals surface area contributed by atoms with Crippen molar-refractivity contribution < 1.29 is 14.4 Å². The highest BCUT2D eigenvalue weighted by molar-refractivity contribution is 5.87. The lowest BCUT2D eigenvalue weighted by atomic mass is 10.4. The van der Waals surface area contributed by atoms with E-state index in [4.69, 9.17) is 9.63 Å². The number of aromatic carboxylic acids is 1. The molecule has 0 saturated heterocycles. The SMILES string of the molecule is O=C(O)c1ccn(Cc2noc(C3CC3)n2)c1. The van der Waals surface area contributed by atoms with Gasteiger partial charge in [-0.15, -0.1) is 0 Å². The Labute approximate surface area is 96.9 Å². The van der Waals surface area contributed by atoms with E-state index in [1.54, 1.807) is 23.0 Å². The van der Waals surface area contributed by atoms with Crippen molar-refractivity contribution in [3.05, 3.63) is 35.7 Å². The molecule has 2 heterocycles. The second kappa shape index (κ2) is 3.73. The molecule has 88 valence electrons. The maximum atomic E-state index is 10.7. The number of rotatable bonds is 4. The van der Waals surface area contributed by atoms with Gasteiger partial charge in [0.25, 0.3) is 0 Å². The first-order chi connectivity index (χ1) is 8.22. The van der Waals surface area contributed by atoms with Crippen LogP contribution in [0.5, 0.6) is 0 Å². The van der Waals surface area contributed by atoms with Crippen LogP contribution in [0.3, 0.4) is 0 Å². The Balaban J connectivity index is 1.73. The fraction of sp³-hybridized carbons (Fsp3) is 0.364. The maximum absolute atomic E-state index is 10.7. The summed E-state index contributed by atoms with van der Waals surface area (Å²) >= 11 is 0. The molecule has 0 amide bonds. The lowest BCUT2D eigenvalue weighted by molar-refractivity contribution is 0.0697. The van der Waals surface area contributed by atoms with E-state index in [-0.39, 0.29) is 5.56 Å². The summed E-state index contributed by atoms with van der Waals surface area (Å²) < 4.78 is 6.85. The molecule has 3 rings (SSSR count). The van der Waals surface area contributed by atoms with Crippen molar-refractivity contribution in [3.8, 4) is 0 Å². The monoisotopic (exact) mass is 233 g/mol. The summed E-state index contributed by atoms with van der Waals surface area (Å²) in [4.78, 5) is 15.0. The Morgan fingerprint density at radius 1 is 1.59 bits per heavy atom. The highest BCUT2D eigenvalue weighted by atomic mass is 16.5. The molecule has 1 fully saturated rings. The van der Waals surface area contributed by atoms with Crippen LogP contribution in [-0.4, -0.2) is 25.8 Å². The van der Waals surface area contributed by atoms with Gasteiger partial charge in [0.2, 0.25) is 5.89 Å². The van der Waals surface area contributed by atoms with Crippen LogP contribution in [0.15, 0.2) is 23.0 Å². The van der Waals surface area contributed by atoms with Gasteiger partial charge < -0.3 is 14.2 Å². The molecule has 2 aromatic rings. The molecule has 0 aliphatic heterocycles. The Bertz CT molecular complexity index is 554. The molecule has 0 unspecified atom stereocenters. The van der Waals surface area contributed by atoms with Gasteiger partial charge in [-0.25, -0.2) is 4.79 Å². The molecule has 1 aliphatic rings. The molecular weight excluding hydrogens is 222 g/mol. The van der Waals surface area contributed by atoms with Crippen LogP contribution in [0.25, 0.3) is 0 Å². The van der Waals surface area contributed by atoms with Crippen LogP contribution in [0.2, 0.25) is 0 Å². The van der Waals surface area contributed by atoms with Gasteiger partial charge in [0, 0.05) is 18.3 Å². The van der Waals surface area contributed by atoms with E-state index in [1.807, 2.05) is 0 Å². The number of carbonyl (C=O) groups is 1. The Kier molecular flexibility index (Phi) is 2.21. The maximum Gasteiger partial charge on any atom is 0.337 e. The third-order valence-electron chi connectivity index (χ3n) is 2.73. The molecule has 0 aromatic carbocycles. The average molecular weight is 233 g/mol. The zero-order chi connectivity index (χ0) is 11.8. The van der Waals surface area contributed by atoms with Crippen molar-refractivity contribution in [2.75, 3.05) is 0 Å². The van der Waals surface area contributed by atoms with E-state index in [2.05, 4.69) is 10.1 Å². The highest BCUT2D eigenvalue weighted by Crippen LogP contribution is 2.38. The summed E-state index contributed by atoms with van der Waals surface area (Å²) in [5.74, 6) is 0.788. The van der Waals surface area contributed by atoms with Gasteiger partial charge in [-0.05, 0) is 18.9 Å². The van der Waals surface area contributed by atoms with E-state index >= 15 is 0 Å². The molecule has 1 saturated carbocycles. The largest absolute Gasteiger partial charge is 0.478 e. The second-order valence-corrected chi connectivity index (χ2v) is 4.20. The summed E-state index contributed by atoms with van der Waals surface area (Å²) in [6.07, 6.45) is 5.48. The highest BCUT2D eigenvalue weighted by Gasteiger charge is 2.29. The van der Waals surface area contributed by atoms with Crippen LogP contribution in [0.1, 0.15) is 40.8 Å². The van der Waals surface area contributed by atoms with Crippen LogP contribution < -0.4 is 0 Å². The van der Waals surface area contributed by atoms with Crippen molar-refractivity contribution in [1.29, 1.82) is 0 Å². The number of hydrogen-bond acceptors (Lipinski definition) is 4. The number of nitrogens with zero attached hydrogens (tertiary/aromatic N) is 3. The summed E-state index contributed by atoms with van der Waals surface area (Å²) in [5, 5.41) is 12.7. The predicted octanol–water partition coefficient (Wildman–Crippen LogP) is 1.49. The van der Waals surface area contributed by atoms with Crippen LogP contribution in [0.4, 0.5) is 0 Å². The first-order valence-electron chi connectivity index (χ1n) is 5.44. The van der Waals surface area contributed by atoms with Crippen LogP contribution in [0, 0.1) is 0 Å². The third-order valence-corrected chi connectivity index (χ3v) is 2.73. The average Bonchev–Trinajstić information content (AvgIpc) is 2.87. The van der Waals surface area contributed by atoms with E-state index in [1.165, 1.54) is 0 Å². The second-order valence-electron chi connectivity index (χ2n) is 4.20. The first kappa shape index (κ1) is 10.1. The normalized spacial score (nSPS) is 15.1. The lowest BCUT2D eigenvalue weighted by Crippen LogP contribution is -1.99. The Morgan fingerprint density at radius 3 is 3.06 bits per heavy atom. The zero-order valence-corrected chi connectivity index (χ0v) is 9.04. The summed E-state index contributed by atoms with van der Waals surface area (Å²) in [7, 11) is 0. The number of carboxylic acid groups (broad SMARTS) is 1. The molecule has 17 heavy (non-hydrogen) atoms. The van der Waals surface area contributed by atoms with Crippen molar-refractivity contribution in [3.63, 3.8) is 0 Å². The predicted molar refractivity (Wildman–Crippen MR) is 56.8 cm³/mol. The molecule has 0 bridgehead atoms. The molecule has 0 spiro atoms. The molecule has 6 nitrogen and oxygen atoms in total. The number of hydrogen-bond donors (Lipinski definition) is 1. The quantitative estimate of drug-likeness (QED) is 0.865. The van der Waals surface area contributed by atoms with Crippen LogP contribution in [-0.2, 0) is 6.54 Å². The smallest absolute Gasteiger partial charge is 0.337 e. The lowest BCUT2D eigenvalue weighted by Gasteiger charge is -1.95. The molecule has 6 heteroatoms.